The van der Waals surface area contributed by atoms with Crippen LogP contribution in [-0.4, -0.2) is 36.2 Å². The van der Waals surface area contributed by atoms with E-state index >= 15 is 0 Å². The van der Waals surface area contributed by atoms with Crippen LogP contribution < -0.4 is 0 Å². The monoisotopic (exact) mass is 298 g/mol. The average molecular weight is 298 g/mol. The minimum absolute atomic E-state index is 0.0411. The van der Waals surface area contributed by atoms with E-state index in [-0.39, 0.29) is 38.4 Å². The molecule has 0 bridgehead atoms. The molecule has 1 aliphatic carbocycles. The lowest BCUT2D eigenvalue weighted by atomic mass is 9.67. The maximum atomic E-state index is 12.2. The Bertz CT molecular complexity index is 421. The fourth-order valence-corrected chi connectivity index (χ4v) is 2.67. The molecule has 1 fully saturated rings. The zero-order valence-electron chi connectivity index (χ0n) is 12.5. The van der Waals surface area contributed by atoms with E-state index in [0.717, 1.165) is 0 Å². The van der Waals surface area contributed by atoms with Crippen molar-refractivity contribution < 1.29 is 29.0 Å². The zero-order valence-corrected chi connectivity index (χ0v) is 12.5. The Morgan fingerprint density at radius 3 is 2.14 bits per heavy atom. The molecule has 0 aliphatic heterocycles. The maximum absolute atomic E-state index is 12.2. The molecule has 0 amide bonds. The minimum atomic E-state index is -1.38. The summed E-state index contributed by atoms with van der Waals surface area (Å²) in [6.45, 7) is 7.53. The predicted octanol–water partition coefficient (Wildman–Crippen LogP) is 1.93. The Kier molecular flexibility index (Phi) is 5.93. The van der Waals surface area contributed by atoms with Crippen LogP contribution in [0.4, 0.5) is 0 Å². The van der Waals surface area contributed by atoms with Crippen molar-refractivity contribution >= 4 is 17.9 Å². The molecule has 6 heteroatoms. The van der Waals surface area contributed by atoms with Gasteiger partial charge >= 0.3 is 17.9 Å². The lowest BCUT2D eigenvalue weighted by molar-refractivity contribution is -0.174. The van der Waals surface area contributed by atoms with Gasteiger partial charge in [0.25, 0.3) is 0 Å². The van der Waals surface area contributed by atoms with E-state index in [9.17, 15) is 14.4 Å². The Labute approximate surface area is 124 Å². The highest BCUT2D eigenvalue weighted by Crippen LogP contribution is 2.44. The van der Waals surface area contributed by atoms with Gasteiger partial charge in [-0.15, -0.1) is 0 Å². The number of esters is 2. The number of carbonyl (C=O) groups excluding carboxylic acids is 2. The van der Waals surface area contributed by atoms with Crippen molar-refractivity contribution in [3.63, 3.8) is 0 Å². The van der Waals surface area contributed by atoms with Gasteiger partial charge in [-0.2, -0.15) is 0 Å². The second-order valence-corrected chi connectivity index (χ2v) is 5.19. The SMILES string of the molecule is C=C1CC(C(=O)OCC)(C(=O)OCC)CCC1CC(=O)O. The van der Waals surface area contributed by atoms with Crippen LogP contribution in [0.25, 0.3) is 0 Å². The number of allylic oxidation sites excluding steroid dienone is 1. The molecule has 118 valence electrons. The van der Waals surface area contributed by atoms with E-state index in [1.807, 2.05) is 0 Å². The summed E-state index contributed by atoms with van der Waals surface area (Å²) in [5.41, 5.74) is -0.789. The van der Waals surface area contributed by atoms with Crippen LogP contribution in [0.5, 0.6) is 0 Å². The van der Waals surface area contributed by atoms with Gasteiger partial charge in [-0.1, -0.05) is 12.2 Å². The summed E-state index contributed by atoms with van der Waals surface area (Å²) in [4.78, 5) is 35.3. The van der Waals surface area contributed by atoms with Gasteiger partial charge in [-0.3, -0.25) is 14.4 Å². The van der Waals surface area contributed by atoms with Gasteiger partial charge in [0.05, 0.1) is 19.6 Å². The molecular weight excluding hydrogens is 276 g/mol. The van der Waals surface area contributed by atoms with Gasteiger partial charge in [-0.25, -0.2) is 0 Å². The van der Waals surface area contributed by atoms with Crippen molar-refractivity contribution in [3.05, 3.63) is 12.2 Å². The molecule has 0 radical (unpaired) electrons. The molecule has 1 aliphatic rings. The molecule has 21 heavy (non-hydrogen) atoms. The summed E-state index contributed by atoms with van der Waals surface area (Å²) in [5.74, 6) is -2.36. The van der Waals surface area contributed by atoms with Gasteiger partial charge in [-0.05, 0) is 39.0 Å². The first kappa shape index (κ1) is 17.2. The average Bonchev–Trinajstić information content (AvgIpc) is 2.41. The molecule has 1 N–H and O–H groups in total. The smallest absolute Gasteiger partial charge is 0.323 e. The Balaban J connectivity index is 2.96. The summed E-state index contributed by atoms with van der Waals surface area (Å²) in [7, 11) is 0. The predicted molar refractivity (Wildman–Crippen MR) is 74.4 cm³/mol. The molecule has 0 saturated heterocycles. The third-order valence-electron chi connectivity index (χ3n) is 3.78. The number of rotatable bonds is 6. The van der Waals surface area contributed by atoms with Crippen LogP contribution in [-0.2, 0) is 23.9 Å². The number of carboxylic acid groups (broad SMARTS) is 1. The first-order chi connectivity index (χ1) is 9.87. The second-order valence-electron chi connectivity index (χ2n) is 5.19. The first-order valence-corrected chi connectivity index (χ1v) is 7.11. The van der Waals surface area contributed by atoms with E-state index in [1.165, 1.54) is 0 Å². The Morgan fingerprint density at radius 2 is 1.76 bits per heavy atom. The molecule has 0 aromatic rings. The van der Waals surface area contributed by atoms with Crippen molar-refractivity contribution in [2.24, 2.45) is 11.3 Å². The minimum Gasteiger partial charge on any atom is -0.481 e. The van der Waals surface area contributed by atoms with Crippen LogP contribution in [0, 0.1) is 11.3 Å². The van der Waals surface area contributed by atoms with Crippen molar-refractivity contribution in [1.82, 2.24) is 0 Å². The highest BCUT2D eigenvalue weighted by molar-refractivity contribution is 6.00. The molecule has 1 unspecified atom stereocenters. The topological polar surface area (TPSA) is 89.9 Å². The number of hydrogen-bond acceptors (Lipinski definition) is 5. The van der Waals surface area contributed by atoms with E-state index in [0.29, 0.717) is 12.0 Å². The molecule has 1 saturated carbocycles. The van der Waals surface area contributed by atoms with E-state index in [4.69, 9.17) is 14.6 Å². The summed E-state index contributed by atoms with van der Waals surface area (Å²) >= 11 is 0. The number of carboxylic acids is 1. The molecule has 0 spiro atoms. The molecule has 6 nitrogen and oxygen atoms in total. The lowest BCUT2D eigenvalue weighted by Gasteiger charge is -2.37. The van der Waals surface area contributed by atoms with E-state index in [1.54, 1.807) is 13.8 Å². The highest BCUT2D eigenvalue weighted by Gasteiger charge is 2.52. The Morgan fingerprint density at radius 1 is 1.24 bits per heavy atom. The van der Waals surface area contributed by atoms with E-state index in [2.05, 4.69) is 6.58 Å². The largest absolute Gasteiger partial charge is 0.481 e. The van der Waals surface area contributed by atoms with Crippen LogP contribution >= 0.6 is 0 Å². The third kappa shape index (κ3) is 3.83. The van der Waals surface area contributed by atoms with Crippen molar-refractivity contribution in [1.29, 1.82) is 0 Å². The molecule has 0 aromatic carbocycles. The standard InChI is InChI=1S/C15H22O6/c1-4-20-13(18)15(14(19)21-5-2)7-6-11(8-12(16)17)10(3)9-15/h11H,3-9H2,1-2H3,(H,16,17). The molecule has 0 heterocycles. The van der Waals surface area contributed by atoms with Crippen LogP contribution in [0.15, 0.2) is 12.2 Å². The normalized spacial score (nSPS) is 20.7. The van der Waals surface area contributed by atoms with Gasteiger partial charge < -0.3 is 14.6 Å². The fourth-order valence-electron chi connectivity index (χ4n) is 2.67. The quantitative estimate of drug-likeness (QED) is 0.458. The van der Waals surface area contributed by atoms with Crippen molar-refractivity contribution in [2.75, 3.05) is 13.2 Å². The zero-order chi connectivity index (χ0) is 16.0. The van der Waals surface area contributed by atoms with Crippen LogP contribution in [0.3, 0.4) is 0 Å². The molecule has 1 atom stereocenters. The lowest BCUT2D eigenvalue weighted by Crippen LogP contribution is -2.45. The number of ether oxygens (including phenoxy) is 2. The molecular formula is C15H22O6. The molecule has 1 rings (SSSR count). The number of hydrogen-bond donors (Lipinski definition) is 1. The Hall–Kier alpha value is -1.85. The third-order valence-corrected chi connectivity index (χ3v) is 3.78. The number of aliphatic carboxylic acids is 1. The van der Waals surface area contributed by atoms with Gasteiger partial charge in [0.15, 0.2) is 5.41 Å². The second kappa shape index (κ2) is 7.24. The number of carbonyl (C=O) groups is 3. The van der Waals surface area contributed by atoms with Gasteiger partial charge in [0.1, 0.15) is 0 Å². The highest BCUT2D eigenvalue weighted by atomic mass is 16.6. The maximum Gasteiger partial charge on any atom is 0.323 e. The van der Waals surface area contributed by atoms with Gasteiger partial charge in [0, 0.05) is 0 Å². The van der Waals surface area contributed by atoms with Crippen LogP contribution in [0.2, 0.25) is 0 Å². The summed E-state index contributed by atoms with van der Waals surface area (Å²) in [5, 5.41) is 8.88. The summed E-state index contributed by atoms with van der Waals surface area (Å²) in [6.07, 6.45) is 0.674. The van der Waals surface area contributed by atoms with Crippen molar-refractivity contribution in [3.8, 4) is 0 Å². The van der Waals surface area contributed by atoms with Crippen LogP contribution in [0.1, 0.15) is 39.5 Å². The van der Waals surface area contributed by atoms with Gasteiger partial charge in [0.2, 0.25) is 0 Å². The molecule has 0 aromatic heterocycles. The fraction of sp³-hybridized carbons (Fsp3) is 0.667. The van der Waals surface area contributed by atoms with E-state index < -0.39 is 23.3 Å². The first-order valence-electron chi connectivity index (χ1n) is 7.11. The summed E-state index contributed by atoms with van der Waals surface area (Å²) in [6, 6.07) is 0. The van der Waals surface area contributed by atoms with Crippen molar-refractivity contribution in [2.45, 2.75) is 39.5 Å². The summed E-state index contributed by atoms with van der Waals surface area (Å²) < 4.78 is 10.0.